The Bertz CT molecular complexity index is 334. The standard InChI is InChI=1S/C12H17Cl2NO2/c13-11-3-2-10(8-12(11)14)9-15-4-1-6-17-7-5-16/h2-3,8,15-16H,1,4-7,9H2. The van der Waals surface area contributed by atoms with Gasteiger partial charge in [0.1, 0.15) is 0 Å². The highest BCUT2D eigenvalue weighted by atomic mass is 35.5. The Labute approximate surface area is 112 Å². The maximum Gasteiger partial charge on any atom is 0.0697 e. The molecule has 0 heterocycles. The molecule has 0 atom stereocenters. The second-order valence-electron chi connectivity index (χ2n) is 3.61. The lowest BCUT2D eigenvalue weighted by molar-refractivity contribution is 0.0907. The average molecular weight is 278 g/mol. The zero-order valence-electron chi connectivity index (χ0n) is 9.59. The van der Waals surface area contributed by atoms with Crippen LogP contribution in [0.4, 0.5) is 0 Å². The molecule has 2 N–H and O–H groups in total. The minimum atomic E-state index is 0.0801. The molecular formula is C12H17Cl2NO2. The summed E-state index contributed by atoms with van der Waals surface area (Å²) in [6, 6.07) is 5.61. The van der Waals surface area contributed by atoms with E-state index in [2.05, 4.69) is 5.32 Å². The highest BCUT2D eigenvalue weighted by molar-refractivity contribution is 6.42. The van der Waals surface area contributed by atoms with Crippen molar-refractivity contribution >= 4 is 23.2 Å². The largest absolute Gasteiger partial charge is 0.394 e. The van der Waals surface area contributed by atoms with Gasteiger partial charge in [-0.15, -0.1) is 0 Å². The van der Waals surface area contributed by atoms with E-state index in [0.717, 1.165) is 25.1 Å². The fourth-order valence-corrected chi connectivity index (χ4v) is 1.67. The lowest BCUT2D eigenvalue weighted by Crippen LogP contribution is -2.16. The molecule has 0 aliphatic rings. The molecule has 1 aromatic carbocycles. The van der Waals surface area contributed by atoms with Gasteiger partial charge in [-0.25, -0.2) is 0 Å². The van der Waals surface area contributed by atoms with Gasteiger partial charge in [-0.1, -0.05) is 29.3 Å². The Morgan fingerprint density at radius 3 is 2.71 bits per heavy atom. The second-order valence-corrected chi connectivity index (χ2v) is 4.43. The molecule has 1 rings (SSSR count). The van der Waals surface area contributed by atoms with Gasteiger partial charge in [0.15, 0.2) is 0 Å². The average Bonchev–Trinajstić information content (AvgIpc) is 2.32. The molecule has 1 aromatic rings. The van der Waals surface area contributed by atoms with E-state index < -0.39 is 0 Å². The first kappa shape index (κ1) is 14.7. The number of hydrogen-bond donors (Lipinski definition) is 2. The van der Waals surface area contributed by atoms with Crippen LogP contribution >= 0.6 is 23.2 Å². The predicted molar refractivity (Wildman–Crippen MR) is 70.7 cm³/mol. The minimum absolute atomic E-state index is 0.0801. The summed E-state index contributed by atoms with van der Waals surface area (Å²) in [5.41, 5.74) is 1.11. The van der Waals surface area contributed by atoms with Crippen molar-refractivity contribution in [3.05, 3.63) is 33.8 Å². The normalized spacial score (nSPS) is 10.8. The van der Waals surface area contributed by atoms with Crippen LogP contribution in [-0.4, -0.2) is 31.5 Å². The van der Waals surface area contributed by atoms with E-state index in [0.29, 0.717) is 23.3 Å². The van der Waals surface area contributed by atoms with Crippen molar-refractivity contribution in [3.63, 3.8) is 0 Å². The molecule has 0 spiro atoms. The minimum Gasteiger partial charge on any atom is -0.394 e. The molecule has 5 heteroatoms. The number of nitrogens with one attached hydrogen (secondary N) is 1. The molecule has 0 aliphatic heterocycles. The monoisotopic (exact) mass is 277 g/mol. The third-order valence-corrected chi connectivity index (χ3v) is 2.93. The number of rotatable bonds is 8. The maximum absolute atomic E-state index is 8.50. The van der Waals surface area contributed by atoms with Crippen LogP contribution in [0, 0.1) is 0 Å². The van der Waals surface area contributed by atoms with Gasteiger partial charge in [0.25, 0.3) is 0 Å². The van der Waals surface area contributed by atoms with Crippen molar-refractivity contribution in [2.24, 2.45) is 0 Å². The van der Waals surface area contributed by atoms with E-state index in [1.165, 1.54) is 0 Å². The first-order valence-electron chi connectivity index (χ1n) is 5.57. The summed E-state index contributed by atoms with van der Waals surface area (Å²) in [5, 5.41) is 12.9. The van der Waals surface area contributed by atoms with Gasteiger partial charge in [0, 0.05) is 13.2 Å². The number of hydrogen-bond acceptors (Lipinski definition) is 3. The van der Waals surface area contributed by atoms with Crippen molar-refractivity contribution in [1.29, 1.82) is 0 Å². The second kappa shape index (κ2) is 8.72. The quantitative estimate of drug-likeness (QED) is 0.718. The van der Waals surface area contributed by atoms with Crippen molar-refractivity contribution in [1.82, 2.24) is 5.32 Å². The van der Waals surface area contributed by atoms with Gasteiger partial charge in [0.05, 0.1) is 23.3 Å². The molecule has 0 unspecified atom stereocenters. The lowest BCUT2D eigenvalue weighted by atomic mass is 10.2. The zero-order chi connectivity index (χ0) is 12.5. The van der Waals surface area contributed by atoms with Gasteiger partial charge in [-0.2, -0.15) is 0 Å². The van der Waals surface area contributed by atoms with Crippen LogP contribution < -0.4 is 5.32 Å². The Kier molecular flexibility index (Phi) is 7.56. The number of aliphatic hydroxyl groups is 1. The van der Waals surface area contributed by atoms with Crippen LogP contribution in [0.3, 0.4) is 0 Å². The molecular weight excluding hydrogens is 261 g/mol. The molecule has 0 aliphatic carbocycles. The van der Waals surface area contributed by atoms with Crippen LogP contribution in [-0.2, 0) is 11.3 Å². The topological polar surface area (TPSA) is 41.5 Å². The first-order valence-corrected chi connectivity index (χ1v) is 6.33. The molecule has 0 radical (unpaired) electrons. The number of benzene rings is 1. The van der Waals surface area contributed by atoms with Crippen LogP contribution in [0.5, 0.6) is 0 Å². The SMILES string of the molecule is OCCOCCCNCc1ccc(Cl)c(Cl)c1. The van der Waals surface area contributed by atoms with E-state index >= 15 is 0 Å². The van der Waals surface area contributed by atoms with Crippen molar-refractivity contribution in [2.75, 3.05) is 26.4 Å². The summed E-state index contributed by atoms with van der Waals surface area (Å²) in [6.07, 6.45) is 0.918. The Morgan fingerprint density at radius 2 is 2.00 bits per heavy atom. The Morgan fingerprint density at radius 1 is 1.18 bits per heavy atom. The van der Waals surface area contributed by atoms with E-state index in [9.17, 15) is 0 Å². The van der Waals surface area contributed by atoms with E-state index in [1.807, 2.05) is 12.1 Å². The Hall–Kier alpha value is -0.320. The fraction of sp³-hybridized carbons (Fsp3) is 0.500. The molecule has 0 bridgehead atoms. The molecule has 0 saturated heterocycles. The Balaban J connectivity index is 2.11. The summed E-state index contributed by atoms with van der Waals surface area (Å²) in [6.45, 7) is 2.78. The number of halogens is 2. The van der Waals surface area contributed by atoms with Gasteiger partial charge in [-0.05, 0) is 30.7 Å². The van der Waals surface area contributed by atoms with E-state index in [-0.39, 0.29) is 6.61 Å². The zero-order valence-corrected chi connectivity index (χ0v) is 11.1. The molecule has 96 valence electrons. The van der Waals surface area contributed by atoms with Crippen LogP contribution in [0.25, 0.3) is 0 Å². The highest BCUT2D eigenvalue weighted by Crippen LogP contribution is 2.22. The molecule has 0 fully saturated rings. The fourth-order valence-electron chi connectivity index (χ4n) is 1.35. The highest BCUT2D eigenvalue weighted by Gasteiger charge is 1.98. The maximum atomic E-state index is 8.50. The summed E-state index contributed by atoms with van der Waals surface area (Å²) >= 11 is 11.7. The first-order chi connectivity index (χ1) is 8.24. The van der Waals surface area contributed by atoms with Crippen LogP contribution in [0.2, 0.25) is 10.0 Å². The van der Waals surface area contributed by atoms with Gasteiger partial charge in [-0.3, -0.25) is 0 Å². The molecule has 3 nitrogen and oxygen atoms in total. The van der Waals surface area contributed by atoms with Gasteiger partial charge < -0.3 is 15.2 Å². The summed E-state index contributed by atoms with van der Waals surface area (Å²) < 4.78 is 5.14. The van der Waals surface area contributed by atoms with Crippen LogP contribution in [0.1, 0.15) is 12.0 Å². The summed E-state index contributed by atoms with van der Waals surface area (Å²) in [7, 11) is 0. The summed E-state index contributed by atoms with van der Waals surface area (Å²) in [5.74, 6) is 0. The van der Waals surface area contributed by atoms with Gasteiger partial charge >= 0.3 is 0 Å². The van der Waals surface area contributed by atoms with E-state index in [4.69, 9.17) is 33.0 Å². The third kappa shape index (κ3) is 6.24. The number of aliphatic hydroxyl groups excluding tert-OH is 1. The summed E-state index contributed by atoms with van der Waals surface area (Å²) in [4.78, 5) is 0. The molecule has 0 aromatic heterocycles. The smallest absolute Gasteiger partial charge is 0.0697 e. The molecule has 0 amide bonds. The lowest BCUT2D eigenvalue weighted by Gasteiger charge is -2.06. The van der Waals surface area contributed by atoms with E-state index in [1.54, 1.807) is 6.07 Å². The number of ether oxygens (including phenoxy) is 1. The predicted octanol–water partition coefficient (Wildman–Crippen LogP) is 2.48. The van der Waals surface area contributed by atoms with Crippen molar-refractivity contribution in [2.45, 2.75) is 13.0 Å². The third-order valence-electron chi connectivity index (χ3n) is 2.19. The van der Waals surface area contributed by atoms with Crippen molar-refractivity contribution < 1.29 is 9.84 Å². The van der Waals surface area contributed by atoms with Crippen LogP contribution in [0.15, 0.2) is 18.2 Å². The van der Waals surface area contributed by atoms with Crippen molar-refractivity contribution in [3.8, 4) is 0 Å². The van der Waals surface area contributed by atoms with Gasteiger partial charge in [0.2, 0.25) is 0 Å². The molecule has 17 heavy (non-hydrogen) atoms. The molecule has 0 saturated carbocycles.